The largest absolute Gasteiger partial charge is 0.493 e. The van der Waals surface area contributed by atoms with Crippen LogP contribution in [0.4, 0.5) is 0 Å². The van der Waals surface area contributed by atoms with E-state index in [-0.39, 0.29) is 10.5 Å². The van der Waals surface area contributed by atoms with E-state index in [0.717, 1.165) is 16.6 Å². The summed E-state index contributed by atoms with van der Waals surface area (Å²) >= 11 is 0. The average Bonchev–Trinajstić information content (AvgIpc) is 2.67. The van der Waals surface area contributed by atoms with Crippen molar-refractivity contribution in [2.24, 2.45) is 0 Å². The molecule has 0 aliphatic carbocycles. The summed E-state index contributed by atoms with van der Waals surface area (Å²) in [6, 6.07) is 9.24. The van der Waals surface area contributed by atoms with Crippen LogP contribution in [0.3, 0.4) is 0 Å². The number of hydrogen-bond donors (Lipinski definition) is 0. The van der Waals surface area contributed by atoms with Crippen LogP contribution in [0.25, 0.3) is 10.9 Å². The number of nitrogens with zero attached hydrogens (tertiary/aromatic N) is 2. The van der Waals surface area contributed by atoms with Crippen LogP contribution in [0.5, 0.6) is 23.0 Å². The molecule has 3 rings (SSSR count). The quantitative estimate of drug-likeness (QED) is 0.496. The summed E-state index contributed by atoms with van der Waals surface area (Å²) in [5, 5.41) is 3.87. The number of benzene rings is 1. The van der Waals surface area contributed by atoms with E-state index in [2.05, 4.69) is 27.0 Å². The number of pyridine rings is 2. The first-order chi connectivity index (χ1) is 13.0. The Morgan fingerprint density at radius 3 is 2.44 bits per heavy atom. The lowest BCUT2D eigenvalue weighted by molar-refractivity contribution is 0.355. The van der Waals surface area contributed by atoms with Crippen molar-refractivity contribution < 1.29 is 14.2 Å². The van der Waals surface area contributed by atoms with E-state index >= 15 is 0 Å². The minimum Gasteiger partial charge on any atom is -0.493 e. The molecule has 0 saturated heterocycles. The minimum atomic E-state index is -0.255. The Morgan fingerprint density at radius 1 is 1.00 bits per heavy atom. The molecule has 0 aliphatic heterocycles. The van der Waals surface area contributed by atoms with Crippen LogP contribution in [-0.4, -0.2) is 36.3 Å². The van der Waals surface area contributed by atoms with Crippen LogP contribution in [0.15, 0.2) is 36.5 Å². The second-order valence-electron chi connectivity index (χ2n) is 5.80. The fourth-order valence-corrected chi connectivity index (χ4v) is 2.78. The Balaban J connectivity index is 2.10. The zero-order valence-electron chi connectivity index (χ0n) is 15.7. The molecular formula is C21H20N2O3S. The number of hydrogen-bond acceptors (Lipinski definition) is 5. The normalized spacial score (nSPS) is 11.4. The number of ether oxygens (including phenoxy) is 3. The summed E-state index contributed by atoms with van der Waals surface area (Å²) < 4.78 is 16.9. The molecule has 0 aliphatic rings. The number of aromatic nitrogens is 2. The van der Waals surface area contributed by atoms with Gasteiger partial charge in [-0.2, -0.15) is 0 Å². The number of aryl methyl sites for hydroxylation is 1. The second kappa shape index (κ2) is 8.11. The molecule has 0 amide bonds. The lowest BCUT2D eigenvalue weighted by Crippen LogP contribution is -1.96. The van der Waals surface area contributed by atoms with Crippen LogP contribution in [0, 0.1) is 18.1 Å². The predicted molar refractivity (Wildman–Crippen MR) is 111 cm³/mol. The van der Waals surface area contributed by atoms with Crippen molar-refractivity contribution in [2.45, 2.75) is 6.92 Å². The summed E-state index contributed by atoms with van der Waals surface area (Å²) in [5.41, 5.74) is 2.20. The van der Waals surface area contributed by atoms with Crippen LogP contribution in [0.1, 0.15) is 11.4 Å². The van der Waals surface area contributed by atoms with Gasteiger partial charge in [-0.1, -0.05) is 5.87 Å². The maximum atomic E-state index is 6.16. The van der Waals surface area contributed by atoms with Gasteiger partial charge in [0.15, 0.2) is 22.9 Å². The van der Waals surface area contributed by atoms with E-state index < -0.39 is 0 Å². The van der Waals surface area contributed by atoms with E-state index in [1.807, 2.05) is 37.4 Å². The van der Waals surface area contributed by atoms with E-state index in [4.69, 9.17) is 14.2 Å². The van der Waals surface area contributed by atoms with Gasteiger partial charge in [0.25, 0.3) is 0 Å². The van der Waals surface area contributed by atoms with Crippen molar-refractivity contribution in [3.05, 3.63) is 47.9 Å². The maximum Gasteiger partial charge on any atom is 0.162 e. The SMILES string of the molecule is C=S(C)C#Cc1nc(C)ccc1Oc1ccnc2cc(OC)c(OC)cc12. The second-order valence-corrected chi connectivity index (χ2v) is 7.28. The Kier molecular flexibility index (Phi) is 5.63. The molecule has 0 radical (unpaired) electrons. The lowest BCUT2D eigenvalue weighted by atomic mass is 10.1. The molecule has 0 saturated carbocycles. The highest BCUT2D eigenvalue weighted by molar-refractivity contribution is 8.17. The van der Waals surface area contributed by atoms with Crippen LogP contribution in [0.2, 0.25) is 0 Å². The molecular weight excluding hydrogens is 360 g/mol. The smallest absolute Gasteiger partial charge is 0.162 e. The molecule has 138 valence electrons. The third kappa shape index (κ3) is 4.21. The predicted octanol–water partition coefficient (Wildman–Crippen LogP) is 4.39. The highest BCUT2D eigenvalue weighted by Gasteiger charge is 2.13. The standard InChI is InChI=1S/C21H20N2O3S/c1-14-6-7-19(16(23-14)9-11-27(4)5)26-18-8-10-22-17-13-21(25-3)20(24-2)12-15(17)18/h6-8,10,12-13H,4H2,1-3,5H3. The molecule has 3 aromatic rings. The average molecular weight is 380 g/mol. The molecule has 0 bridgehead atoms. The summed E-state index contributed by atoms with van der Waals surface area (Å²) in [4.78, 5) is 8.90. The molecule has 6 heteroatoms. The van der Waals surface area contributed by atoms with Gasteiger partial charge >= 0.3 is 0 Å². The monoisotopic (exact) mass is 380 g/mol. The maximum absolute atomic E-state index is 6.16. The molecule has 0 N–H and O–H groups in total. The third-order valence-corrected chi connectivity index (χ3v) is 4.22. The van der Waals surface area contributed by atoms with Crippen molar-refractivity contribution in [3.8, 4) is 34.2 Å². The topological polar surface area (TPSA) is 53.5 Å². The zero-order valence-corrected chi connectivity index (χ0v) is 16.5. The number of methoxy groups -OCH3 is 2. The van der Waals surface area contributed by atoms with Crippen molar-refractivity contribution >= 4 is 27.3 Å². The van der Waals surface area contributed by atoms with Crippen molar-refractivity contribution in [1.29, 1.82) is 0 Å². The van der Waals surface area contributed by atoms with Gasteiger partial charge in [0.05, 0.1) is 19.7 Å². The first kappa shape index (κ1) is 18.7. The van der Waals surface area contributed by atoms with E-state index in [1.165, 1.54) is 0 Å². The van der Waals surface area contributed by atoms with Gasteiger partial charge in [0, 0.05) is 23.3 Å². The fraction of sp³-hybridized carbons (Fsp3) is 0.190. The molecule has 1 aromatic carbocycles. The molecule has 1 atom stereocenters. The molecule has 2 aromatic heterocycles. The van der Waals surface area contributed by atoms with Gasteiger partial charge in [-0.3, -0.25) is 4.98 Å². The Hall–Kier alpha value is -3.04. The summed E-state index contributed by atoms with van der Waals surface area (Å²) in [5.74, 6) is 9.43. The highest BCUT2D eigenvalue weighted by Crippen LogP contribution is 2.37. The van der Waals surface area contributed by atoms with Gasteiger partial charge in [-0.15, -0.1) is 10.5 Å². The summed E-state index contributed by atoms with van der Waals surface area (Å²) in [6.45, 7) is 1.92. The lowest BCUT2D eigenvalue weighted by Gasteiger charge is -2.13. The van der Waals surface area contributed by atoms with Gasteiger partial charge in [0.1, 0.15) is 5.75 Å². The van der Waals surface area contributed by atoms with Crippen molar-refractivity contribution in [3.63, 3.8) is 0 Å². The Bertz CT molecular complexity index is 1080. The van der Waals surface area contributed by atoms with E-state index in [0.29, 0.717) is 28.7 Å². The van der Waals surface area contributed by atoms with Gasteiger partial charge < -0.3 is 14.2 Å². The van der Waals surface area contributed by atoms with Crippen LogP contribution in [-0.2, 0) is 0 Å². The molecule has 1 unspecified atom stereocenters. The molecule has 5 nitrogen and oxygen atoms in total. The van der Waals surface area contributed by atoms with Crippen molar-refractivity contribution in [1.82, 2.24) is 9.97 Å². The molecule has 27 heavy (non-hydrogen) atoms. The summed E-state index contributed by atoms with van der Waals surface area (Å²) in [6.07, 6.45) is 3.65. The fourth-order valence-electron chi connectivity index (χ4n) is 2.51. The first-order valence-electron chi connectivity index (χ1n) is 8.15. The highest BCUT2D eigenvalue weighted by atomic mass is 32.2. The zero-order chi connectivity index (χ0) is 19.4. The van der Waals surface area contributed by atoms with Crippen LogP contribution < -0.4 is 14.2 Å². The van der Waals surface area contributed by atoms with Crippen LogP contribution >= 0.6 is 10.5 Å². The van der Waals surface area contributed by atoms with E-state index in [9.17, 15) is 0 Å². The third-order valence-electron chi connectivity index (χ3n) is 3.77. The van der Waals surface area contributed by atoms with E-state index in [1.54, 1.807) is 26.5 Å². The Morgan fingerprint density at radius 2 is 1.74 bits per heavy atom. The number of fused-ring (bicyclic) bond motifs is 1. The van der Waals surface area contributed by atoms with Gasteiger partial charge in [-0.05, 0) is 48.6 Å². The minimum absolute atomic E-state index is 0.255. The number of rotatable bonds is 4. The van der Waals surface area contributed by atoms with Gasteiger partial charge in [0.2, 0.25) is 0 Å². The van der Waals surface area contributed by atoms with Crippen molar-refractivity contribution in [2.75, 3.05) is 20.5 Å². The molecule has 0 fully saturated rings. The molecule has 0 spiro atoms. The first-order valence-corrected chi connectivity index (χ1v) is 9.95. The molecule has 2 heterocycles. The van der Waals surface area contributed by atoms with Gasteiger partial charge in [-0.25, -0.2) is 4.98 Å². The summed E-state index contributed by atoms with van der Waals surface area (Å²) in [7, 11) is 2.94. The Labute approximate surface area is 161 Å².